The van der Waals surface area contributed by atoms with Gasteiger partial charge in [0.25, 0.3) is 0 Å². The van der Waals surface area contributed by atoms with Gasteiger partial charge < -0.3 is 34.5 Å². The Bertz CT molecular complexity index is 3120. The molecule has 7 rings (SSSR count). The molecule has 1 amide bonds. The van der Waals surface area contributed by atoms with Crippen LogP contribution in [0.4, 0.5) is 0 Å². The van der Waals surface area contributed by atoms with E-state index >= 15 is 0 Å². The molecule has 2 aliphatic rings. The summed E-state index contributed by atoms with van der Waals surface area (Å²) in [6.07, 6.45) is 6.24. The van der Waals surface area contributed by atoms with Crippen LogP contribution in [0.15, 0.2) is 146 Å². The highest BCUT2D eigenvalue weighted by atomic mass is 32.2. The number of unbranched alkanes of at least 4 members (excludes halogenated alkanes) is 1. The average molecular weight is 1190 g/mol. The number of hydrogen-bond donors (Lipinski definition) is 5. The number of nitrogens with zero attached hydrogens (tertiary/aromatic N) is 4. The largest absolute Gasteiger partial charge is 0.457 e. The number of imidazole rings is 1. The number of carbonyl (C=O) groups excluding carboxylic acids is 2. The van der Waals surface area contributed by atoms with Gasteiger partial charge >= 0.3 is 5.97 Å². The Morgan fingerprint density at radius 2 is 1.30 bits per heavy atom. The molecule has 0 saturated heterocycles. The first kappa shape index (κ1) is 63.6. The molecule has 1 unspecified atom stereocenters. The quantitative estimate of drug-likeness (QED) is 0.0246. The average Bonchev–Trinajstić information content (AvgIpc) is 4.16. The van der Waals surface area contributed by atoms with Gasteiger partial charge in [-0.25, -0.2) is 39.7 Å². The fraction of sp³-hybridized carbons (Fsp3) is 0.475. The molecule has 446 valence electrons. The second-order valence-corrected chi connectivity index (χ2v) is 26.9. The van der Waals surface area contributed by atoms with E-state index in [4.69, 9.17) is 19.9 Å². The number of aromatic nitrogens is 2. The Morgan fingerprint density at radius 1 is 0.732 bits per heavy atom. The molecule has 1 aliphatic heterocycles. The molecule has 1 aromatic heterocycles. The van der Waals surface area contributed by atoms with Crippen molar-refractivity contribution in [2.24, 2.45) is 11.7 Å². The van der Waals surface area contributed by atoms with Crippen molar-refractivity contribution >= 4 is 41.9 Å². The second kappa shape index (κ2) is 31.6. The molecule has 6 N–H and O–H groups in total. The maximum Gasteiger partial charge on any atom is 0.324 e. The number of amides is 1. The lowest BCUT2D eigenvalue weighted by Crippen LogP contribution is -2.57. The first-order valence-corrected chi connectivity index (χ1v) is 33.0. The summed E-state index contributed by atoms with van der Waals surface area (Å²) in [6, 6.07) is 33.0. The monoisotopic (exact) mass is 1190 g/mol. The number of hydrogen-bond acceptors (Lipinski definition) is 15. The van der Waals surface area contributed by atoms with Crippen LogP contribution in [0.2, 0.25) is 0 Å². The van der Waals surface area contributed by atoms with Gasteiger partial charge in [0.2, 0.25) is 36.0 Å². The Hall–Kier alpha value is -6.02. The molecular formula is C59H80N8O12S3. The van der Waals surface area contributed by atoms with Gasteiger partial charge in [0.15, 0.2) is 0 Å². The molecule has 23 heteroatoms. The number of carbonyl (C=O) groups is 2. The highest BCUT2D eigenvalue weighted by molar-refractivity contribution is 7.90. The zero-order chi connectivity index (χ0) is 58.4. The van der Waals surface area contributed by atoms with Gasteiger partial charge in [0.1, 0.15) is 44.1 Å². The van der Waals surface area contributed by atoms with Gasteiger partial charge in [-0.1, -0.05) is 167 Å². The predicted molar refractivity (Wildman–Crippen MR) is 313 cm³/mol. The van der Waals surface area contributed by atoms with Crippen LogP contribution in [0.1, 0.15) is 92.7 Å². The Kier molecular flexibility index (Phi) is 24.5. The summed E-state index contributed by atoms with van der Waals surface area (Å²) in [6.45, 7) is 2.20. The van der Waals surface area contributed by atoms with E-state index in [2.05, 4.69) is 19.7 Å². The van der Waals surface area contributed by atoms with E-state index in [0.717, 1.165) is 54.4 Å². The minimum Gasteiger partial charge on any atom is -0.457 e. The van der Waals surface area contributed by atoms with Crippen LogP contribution in [0.5, 0.6) is 0 Å². The van der Waals surface area contributed by atoms with Crippen molar-refractivity contribution in [1.82, 2.24) is 33.5 Å². The minimum atomic E-state index is -4.31. The lowest BCUT2D eigenvalue weighted by atomic mass is 9.83. The summed E-state index contributed by atoms with van der Waals surface area (Å²) in [5, 5.41) is 16.0. The fourth-order valence-electron chi connectivity index (χ4n) is 10.1. The van der Waals surface area contributed by atoms with Crippen LogP contribution in [0.25, 0.3) is 0 Å². The van der Waals surface area contributed by atoms with E-state index in [1.807, 2.05) is 104 Å². The van der Waals surface area contributed by atoms with Crippen molar-refractivity contribution in [1.29, 1.82) is 0 Å². The van der Waals surface area contributed by atoms with Crippen LogP contribution in [0.3, 0.4) is 0 Å². The number of benzene rings is 4. The highest BCUT2D eigenvalue weighted by Gasteiger charge is 2.41. The molecule has 4 aromatic carbocycles. The van der Waals surface area contributed by atoms with Gasteiger partial charge in [-0.3, -0.25) is 19.2 Å². The first-order chi connectivity index (χ1) is 39.5. The lowest BCUT2D eigenvalue weighted by Gasteiger charge is -2.36. The zero-order valence-corrected chi connectivity index (χ0v) is 49.1. The summed E-state index contributed by atoms with van der Waals surface area (Å²) in [5.74, 6) is -3.58. The number of rotatable bonds is 36. The van der Waals surface area contributed by atoms with Crippen LogP contribution in [0, 0.1) is 5.92 Å². The molecule has 82 heavy (non-hydrogen) atoms. The molecule has 20 nitrogen and oxygen atoms in total. The van der Waals surface area contributed by atoms with Gasteiger partial charge in [-0.2, -0.15) is 0 Å². The van der Waals surface area contributed by atoms with E-state index in [1.54, 1.807) is 33.7 Å². The van der Waals surface area contributed by atoms with Crippen molar-refractivity contribution in [3.8, 4) is 0 Å². The van der Waals surface area contributed by atoms with Gasteiger partial charge in [0.05, 0.1) is 37.1 Å². The molecule has 0 radical (unpaired) electrons. The number of aliphatic hydroxyl groups is 1. The van der Waals surface area contributed by atoms with Crippen LogP contribution < -0.4 is 20.5 Å². The standard InChI is InChI=1S/C59H80N8O12S3/c1-2-3-31-62-81(73,74)41-56(79-59(70)55(64-80(71,72)32-29-46-19-9-4-10-20-46)35-51-37-61-42-65(51)44-77-39-49-25-15-7-16-26-49)57(68)53(34-48-23-13-6-14-24-48)63-54(58(60)69)36-52-38-67(82(75,76)33-30-47-21-11-5-12-22-47)43-66(52)45-78-40-50-27-17-8-18-28-50/h4-5,7-12,15-22,25-28,37-38,42,48,53-57,62-64,68H,2-3,6,13-14,23-24,29-36,39-41,43-45H2,1H3,(H2,60,69)/t53?,54-,55-,56+,57-/m0/s1. The summed E-state index contributed by atoms with van der Waals surface area (Å²) in [4.78, 5) is 34.6. The van der Waals surface area contributed by atoms with Gasteiger partial charge in [-0.15, -0.1) is 0 Å². The van der Waals surface area contributed by atoms with Crippen LogP contribution in [-0.2, 0) is 93.1 Å². The van der Waals surface area contributed by atoms with Gasteiger partial charge in [-0.05, 0) is 53.9 Å². The minimum absolute atomic E-state index is 0.0111. The van der Waals surface area contributed by atoms with E-state index in [1.165, 1.54) is 23.0 Å². The SMILES string of the molecule is CCCCNS(=O)(=O)C[C@@H](OC(=O)[C@H](Cc1cncn1COCc1ccccc1)NS(=O)(=O)CCc1ccccc1)[C@@H](O)C(CC1CCCCC1)N[C@@H](CC1=CN(S(=O)(=O)CCc2ccccc2)CN1COCc1ccccc1)C(N)=O. The normalized spacial score (nSPS) is 16.3. The number of aliphatic hydroxyl groups excluding tert-OH is 1. The number of esters is 1. The number of nitrogens with one attached hydrogen (secondary N) is 3. The van der Waals surface area contributed by atoms with Crippen LogP contribution in [-0.4, -0.2) is 129 Å². The first-order valence-electron chi connectivity index (χ1n) is 28.1. The van der Waals surface area contributed by atoms with Crippen molar-refractivity contribution < 1.29 is 54.2 Å². The molecule has 1 fully saturated rings. The topological polar surface area (TPSA) is 271 Å². The molecule has 5 atom stereocenters. The third kappa shape index (κ3) is 20.7. The van der Waals surface area contributed by atoms with Crippen molar-refractivity contribution in [2.75, 3.05) is 37.2 Å². The van der Waals surface area contributed by atoms with E-state index in [9.17, 15) is 39.9 Å². The summed E-state index contributed by atoms with van der Waals surface area (Å²) >= 11 is 0. The Balaban J connectivity index is 1.18. The number of aryl methyl sites for hydroxylation is 2. The number of primary amides is 1. The maximum absolute atomic E-state index is 14.9. The Labute approximate surface area is 484 Å². The van der Waals surface area contributed by atoms with Crippen molar-refractivity contribution in [3.05, 3.63) is 174 Å². The third-order valence-electron chi connectivity index (χ3n) is 14.7. The van der Waals surface area contributed by atoms with Crippen molar-refractivity contribution in [2.45, 2.75) is 134 Å². The predicted octanol–water partition coefficient (Wildman–Crippen LogP) is 5.46. The lowest BCUT2D eigenvalue weighted by molar-refractivity contribution is -0.157. The smallest absolute Gasteiger partial charge is 0.324 e. The fourth-order valence-corrected chi connectivity index (χ4v) is 13.9. The highest BCUT2D eigenvalue weighted by Crippen LogP contribution is 2.31. The molecule has 0 spiro atoms. The number of ether oxygens (including phenoxy) is 3. The molecule has 2 heterocycles. The van der Waals surface area contributed by atoms with Gasteiger partial charge in [0, 0.05) is 49.2 Å². The van der Waals surface area contributed by atoms with E-state index in [0.29, 0.717) is 24.2 Å². The molecule has 5 aromatic rings. The third-order valence-corrected chi connectivity index (χ3v) is 19.1. The maximum atomic E-state index is 14.9. The summed E-state index contributed by atoms with van der Waals surface area (Å²) < 4.78 is 110. The van der Waals surface area contributed by atoms with E-state index in [-0.39, 0.29) is 83.7 Å². The van der Waals surface area contributed by atoms with Crippen LogP contribution >= 0.6 is 0 Å². The number of sulfonamides is 3. The summed E-state index contributed by atoms with van der Waals surface area (Å²) in [5.41, 5.74) is 10.4. The molecule has 1 saturated carbocycles. The van der Waals surface area contributed by atoms with E-state index < -0.39 is 83.8 Å². The second-order valence-electron chi connectivity index (χ2n) is 21.1. The summed E-state index contributed by atoms with van der Waals surface area (Å²) in [7, 11) is -12.5. The Morgan fingerprint density at radius 3 is 1.89 bits per heavy atom. The van der Waals surface area contributed by atoms with Crippen molar-refractivity contribution in [3.63, 3.8) is 0 Å². The molecule has 0 bridgehead atoms. The molecular weight excluding hydrogens is 1110 g/mol. The number of nitrogens with two attached hydrogens (primary N) is 1. The molecule has 1 aliphatic carbocycles. The zero-order valence-electron chi connectivity index (χ0n) is 46.6.